The molecule has 1 aromatic rings. The molecule has 0 saturated heterocycles. The zero-order chi connectivity index (χ0) is 14.8. The van der Waals surface area contributed by atoms with E-state index in [0.29, 0.717) is 25.4 Å². The van der Waals surface area contributed by atoms with Crippen LogP contribution in [0.4, 0.5) is 4.39 Å². The van der Waals surface area contributed by atoms with Gasteiger partial charge in [0.25, 0.3) is 0 Å². The molecular weight excluding hydrogens is 279 g/mol. The Kier molecular flexibility index (Phi) is 4.41. The molecule has 0 bridgehead atoms. The quantitative estimate of drug-likeness (QED) is 0.810. The van der Waals surface area contributed by atoms with Crippen LogP contribution in [0.15, 0.2) is 23.1 Å². The van der Waals surface area contributed by atoms with Gasteiger partial charge in [-0.1, -0.05) is 13.0 Å². The van der Waals surface area contributed by atoms with Gasteiger partial charge in [0.2, 0.25) is 10.0 Å². The van der Waals surface area contributed by atoms with E-state index in [1.54, 1.807) is 6.07 Å². The number of hydrogen-bond acceptors (Lipinski definition) is 3. The standard InChI is InChI=1S/C14H17FN2O2S/c1-2-8-17(10-11-6-7-11)20(18,19)14-5-3-4-13(15)12(14)9-16/h3-5,11H,2,6-8,10H2,1H3. The summed E-state index contributed by atoms with van der Waals surface area (Å²) in [6, 6.07) is 5.38. The van der Waals surface area contributed by atoms with E-state index in [9.17, 15) is 12.8 Å². The minimum absolute atomic E-state index is 0.228. The third-order valence-corrected chi connectivity index (χ3v) is 5.24. The molecule has 108 valence electrons. The van der Waals surface area contributed by atoms with Gasteiger partial charge in [0.05, 0.1) is 0 Å². The van der Waals surface area contributed by atoms with Crippen molar-refractivity contribution in [1.29, 1.82) is 5.26 Å². The van der Waals surface area contributed by atoms with Crippen LogP contribution in [-0.4, -0.2) is 25.8 Å². The van der Waals surface area contributed by atoms with E-state index in [0.717, 1.165) is 18.9 Å². The smallest absolute Gasteiger partial charge is 0.207 e. The summed E-state index contributed by atoms with van der Waals surface area (Å²) >= 11 is 0. The molecule has 0 radical (unpaired) electrons. The first-order chi connectivity index (χ1) is 9.50. The van der Waals surface area contributed by atoms with Crippen molar-refractivity contribution in [3.63, 3.8) is 0 Å². The van der Waals surface area contributed by atoms with E-state index in [1.807, 2.05) is 6.92 Å². The SMILES string of the molecule is CCCN(CC1CC1)S(=O)(=O)c1cccc(F)c1C#N. The fraction of sp³-hybridized carbons (Fsp3) is 0.500. The summed E-state index contributed by atoms with van der Waals surface area (Å²) in [7, 11) is -3.81. The molecule has 0 unspecified atom stereocenters. The highest BCUT2D eigenvalue weighted by molar-refractivity contribution is 7.89. The lowest BCUT2D eigenvalue weighted by atomic mass is 10.2. The number of hydrogen-bond donors (Lipinski definition) is 0. The molecule has 1 aliphatic rings. The van der Waals surface area contributed by atoms with Crippen molar-refractivity contribution < 1.29 is 12.8 Å². The van der Waals surface area contributed by atoms with E-state index in [-0.39, 0.29) is 4.90 Å². The molecule has 1 fully saturated rings. The second-order valence-electron chi connectivity index (χ2n) is 5.03. The third-order valence-electron chi connectivity index (χ3n) is 3.34. The molecule has 1 saturated carbocycles. The number of sulfonamides is 1. The van der Waals surface area contributed by atoms with E-state index < -0.39 is 21.4 Å². The van der Waals surface area contributed by atoms with Crippen LogP contribution >= 0.6 is 0 Å². The van der Waals surface area contributed by atoms with Crippen LogP contribution in [0.5, 0.6) is 0 Å². The van der Waals surface area contributed by atoms with Gasteiger partial charge in [0.15, 0.2) is 0 Å². The molecule has 6 heteroatoms. The molecule has 4 nitrogen and oxygen atoms in total. The Morgan fingerprint density at radius 3 is 2.70 bits per heavy atom. The van der Waals surface area contributed by atoms with Crippen molar-refractivity contribution in [2.24, 2.45) is 5.92 Å². The molecule has 0 heterocycles. The maximum atomic E-state index is 13.6. The largest absolute Gasteiger partial charge is 0.244 e. The molecular formula is C14H17FN2O2S. The minimum atomic E-state index is -3.81. The van der Waals surface area contributed by atoms with Gasteiger partial charge in [0, 0.05) is 13.1 Å². The second kappa shape index (κ2) is 5.90. The normalized spacial score (nSPS) is 15.3. The van der Waals surface area contributed by atoms with Gasteiger partial charge in [0.1, 0.15) is 22.3 Å². The van der Waals surface area contributed by atoms with Crippen LogP contribution in [0.3, 0.4) is 0 Å². The summed E-state index contributed by atoms with van der Waals surface area (Å²) in [5.41, 5.74) is -0.399. The minimum Gasteiger partial charge on any atom is -0.207 e. The van der Waals surface area contributed by atoms with Gasteiger partial charge in [-0.05, 0) is 37.3 Å². The van der Waals surface area contributed by atoms with Gasteiger partial charge in [-0.3, -0.25) is 0 Å². The number of nitrogens with zero attached hydrogens (tertiary/aromatic N) is 2. The Morgan fingerprint density at radius 2 is 2.15 bits per heavy atom. The first kappa shape index (κ1) is 14.9. The van der Waals surface area contributed by atoms with Crippen LogP contribution in [0.25, 0.3) is 0 Å². The van der Waals surface area contributed by atoms with Crippen LogP contribution in [-0.2, 0) is 10.0 Å². The first-order valence-electron chi connectivity index (χ1n) is 6.69. The summed E-state index contributed by atoms with van der Waals surface area (Å²) < 4.78 is 40.2. The summed E-state index contributed by atoms with van der Waals surface area (Å²) in [6.45, 7) is 2.74. The van der Waals surface area contributed by atoms with Crippen molar-refractivity contribution >= 4 is 10.0 Å². The van der Waals surface area contributed by atoms with Crippen molar-refractivity contribution in [2.75, 3.05) is 13.1 Å². The number of rotatable bonds is 6. The second-order valence-corrected chi connectivity index (χ2v) is 6.94. The van der Waals surface area contributed by atoms with Crippen LogP contribution in [0.2, 0.25) is 0 Å². The molecule has 0 amide bonds. The van der Waals surface area contributed by atoms with Gasteiger partial charge in [-0.25, -0.2) is 12.8 Å². The van der Waals surface area contributed by atoms with E-state index in [4.69, 9.17) is 5.26 Å². The molecule has 0 spiro atoms. The molecule has 20 heavy (non-hydrogen) atoms. The van der Waals surface area contributed by atoms with Crippen molar-refractivity contribution in [1.82, 2.24) is 4.31 Å². The average molecular weight is 296 g/mol. The maximum Gasteiger partial charge on any atom is 0.244 e. The summed E-state index contributed by atoms with van der Waals surface area (Å²) in [5, 5.41) is 9.00. The lowest BCUT2D eigenvalue weighted by Gasteiger charge is -2.22. The monoisotopic (exact) mass is 296 g/mol. The lowest BCUT2D eigenvalue weighted by molar-refractivity contribution is 0.395. The van der Waals surface area contributed by atoms with Crippen LogP contribution < -0.4 is 0 Å². The van der Waals surface area contributed by atoms with Crippen LogP contribution in [0.1, 0.15) is 31.7 Å². The highest BCUT2D eigenvalue weighted by Gasteiger charge is 2.33. The van der Waals surface area contributed by atoms with Gasteiger partial charge in [-0.15, -0.1) is 0 Å². The third kappa shape index (κ3) is 3.00. The Labute approximate surface area is 118 Å². The van der Waals surface area contributed by atoms with Gasteiger partial charge < -0.3 is 0 Å². The number of halogens is 1. The van der Waals surface area contributed by atoms with Crippen molar-refractivity contribution in [3.05, 3.63) is 29.6 Å². The fourth-order valence-corrected chi connectivity index (χ4v) is 3.87. The lowest BCUT2D eigenvalue weighted by Crippen LogP contribution is -2.34. The average Bonchev–Trinajstić information content (AvgIpc) is 3.22. The Bertz CT molecular complexity index is 633. The van der Waals surface area contributed by atoms with E-state index >= 15 is 0 Å². The fourth-order valence-electron chi connectivity index (χ4n) is 2.11. The molecule has 0 N–H and O–H groups in total. The Hall–Kier alpha value is -1.45. The van der Waals surface area contributed by atoms with Crippen molar-refractivity contribution in [3.8, 4) is 6.07 Å². The van der Waals surface area contributed by atoms with Gasteiger partial charge >= 0.3 is 0 Å². The highest BCUT2D eigenvalue weighted by Crippen LogP contribution is 2.32. The van der Waals surface area contributed by atoms with E-state index in [1.165, 1.54) is 16.4 Å². The molecule has 0 aliphatic heterocycles. The zero-order valence-electron chi connectivity index (χ0n) is 11.3. The van der Waals surface area contributed by atoms with Gasteiger partial charge in [-0.2, -0.15) is 9.57 Å². The number of benzene rings is 1. The zero-order valence-corrected chi connectivity index (χ0v) is 12.2. The molecule has 1 aromatic carbocycles. The number of nitriles is 1. The molecule has 0 atom stereocenters. The molecule has 0 aromatic heterocycles. The predicted octanol–water partition coefficient (Wildman–Crippen LogP) is 2.51. The Balaban J connectivity index is 2.41. The summed E-state index contributed by atoms with van der Waals surface area (Å²) in [4.78, 5) is -0.228. The van der Waals surface area contributed by atoms with Crippen LogP contribution in [0, 0.1) is 23.1 Å². The van der Waals surface area contributed by atoms with E-state index in [2.05, 4.69) is 0 Å². The molecule has 1 aliphatic carbocycles. The molecule has 2 rings (SSSR count). The Morgan fingerprint density at radius 1 is 1.45 bits per heavy atom. The predicted molar refractivity (Wildman–Crippen MR) is 72.9 cm³/mol. The topological polar surface area (TPSA) is 61.2 Å². The summed E-state index contributed by atoms with van der Waals surface area (Å²) in [6.07, 6.45) is 2.75. The van der Waals surface area contributed by atoms with Crippen molar-refractivity contribution in [2.45, 2.75) is 31.1 Å². The first-order valence-corrected chi connectivity index (χ1v) is 8.13. The highest BCUT2D eigenvalue weighted by atomic mass is 32.2. The maximum absolute atomic E-state index is 13.6. The summed E-state index contributed by atoms with van der Waals surface area (Å²) in [5.74, 6) is -0.396.